The zero-order valence-corrected chi connectivity index (χ0v) is 13.7. The molecular weight excluding hydrogens is 314 g/mol. The number of fused-ring (bicyclic) bond motifs is 1. The van der Waals surface area contributed by atoms with Crippen molar-refractivity contribution in [3.8, 4) is 0 Å². The number of hydrogen-bond acceptors (Lipinski definition) is 4. The highest BCUT2D eigenvalue weighted by Crippen LogP contribution is 2.24. The van der Waals surface area contributed by atoms with Crippen LogP contribution in [0.15, 0.2) is 72.6 Å². The van der Waals surface area contributed by atoms with Gasteiger partial charge in [0.15, 0.2) is 11.6 Å². The van der Waals surface area contributed by atoms with Crippen LogP contribution >= 0.6 is 0 Å². The number of pyridine rings is 1. The van der Waals surface area contributed by atoms with E-state index in [1.807, 2.05) is 55.6 Å². The van der Waals surface area contributed by atoms with Crippen molar-refractivity contribution in [1.29, 1.82) is 0 Å². The summed E-state index contributed by atoms with van der Waals surface area (Å²) in [5, 5.41) is 4.18. The first-order chi connectivity index (χ1) is 12.2. The predicted octanol–water partition coefficient (Wildman–Crippen LogP) is 3.70. The highest BCUT2D eigenvalue weighted by molar-refractivity contribution is 6.08. The number of nitrogens with zero attached hydrogens (tertiary/aromatic N) is 1. The molecule has 1 aromatic carbocycles. The fourth-order valence-corrected chi connectivity index (χ4v) is 2.84. The largest absolute Gasteiger partial charge is 0.437 e. The molecule has 2 N–H and O–H groups in total. The number of nitrogens with one attached hydrogen (secondary N) is 2. The average Bonchev–Trinajstić information content (AvgIpc) is 3.20. The summed E-state index contributed by atoms with van der Waals surface area (Å²) in [4.78, 5) is 19.6. The molecule has 4 rings (SSSR count). The lowest BCUT2D eigenvalue weighted by Crippen LogP contribution is -2.17. The van der Waals surface area contributed by atoms with E-state index in [9.17, 15) is 4.79 Å². The summed E-state index contributed by atoms with van der Waals surface area (Å²) in [6.45, 7) is 2.02. The normalized spacial score (nSPS) is 16.8. The van der Waals surface area contributed by atoms with Crippen molar-refractivity contribution < 1.29 is 9.53 Å². The Morgan fingerprint density at radius 2 is 2.04 bits per heavy atom. The highest BCUT2D eigenvalue weighted by Gasteiger charge is 2.22. The van der Waals surface area contributed by atoms with Crippen LogP contribution in [0.25, 0.3) is 17.1 Å². The van der Waals surface area contributed by atoms with Crippen molar-refractivity contribution in [2.45, 2.75) is 13.0 Å². The van der Waals surface area contributed by atoms with Gasteiger partial charge in [0.25, 0.3) is 0 Å². The first kappa shape index (κ1) is 15.2. The number of H-pyrrole nitrogens is 1. The number of aromatic amines is 1. The molecule has 0 aliphatic carbocycles. The number of aromatic nitrogens is 2. The third kappa shape index (κ3) is 3.04. The summed E-state index contributed by atoms with van der Waals surface area (Å²) in [5.74, 6) is 0.610. The van der Waals surface area contributed by atoms with Gasteiger partial charge in [0.05, 0.1) is 6.04 Å². The Balaban J connectivity index is 1.52. The minimum Gasteiger partial charge on any atom is -0.437 e. The van der Waals surface area contributed by atoms with Gasteiger partial charge in [-0.3, -0.25) is 4.79 Å². The molecule has 124 valence electrons. The maximum atomic E-state index is 12.2. The standard InChI is InChI=1S/C20H17N3O2/c1-13(14-6-3-2-4-7-14)23-19-11-17(24)18(25-19)10-15-12-22-20-16(15)8-5-9-21-20/h2-13,23H,1H3,(H,21,22). The molecule has 1 aliphatic heterocycles. The Morgan fingerprint density at radius 3 is 2.88 bits per heavy atom. The molecule has 0 amide bonds. The molecule has 3 aromatic rings. The Bertz CT molecular complexity index is 986. The Labute approximate surface area is 145 Å². The van der Waals surface area contributed by atoms with E-state index in [1.165, 1.54) is 6.08 Å². The van der Waals surface area contributed by atoms with Crippen LogP contribution in [0, 0.1) is 0 Å². The number of rotatable bonds is 4. The molecule has 0 saturated carbocycles. The lowest BCUT2D eigenvalue weighted by Gasteiger charge is -2.15. The van der Waals surface area contributed by atoms with Crippen molar-refractivity contribution in [3.05, 3.63) is 83.7 Å². The van der Waals surface area contributed by atoms with Crippen molar-refractivity contribution in [2.75, 3.05) is 0 Å². The third-order valence-electron chi connectivity index (χ3n) is 4.15. The number of ether oxygens (including phenoxy) is 1. The monoisotopic (exact) mass is 331 g/mol. The van der Waals surface area contributed by atoms with Crippen molar-refractivity contribution >= 4 is 22.9 Å². The Morgan fingerprint density at radius 1 is 1.20 bits per heavy atom. The number of allylic oxidation sites excluding steroid dienone is 1. The second-order valence-corrected chi connectivity index (χ2v) is 5.90. The number of ketones is 1. The van der Waals surface area contributed by atoms with E-state index in [2.05, 4.69) is 15.3 Å². The summed E-state index contributed by atoms with van der Waals surface area (Å²) in [6.07, 6.45) is 6.76. The van der Waals surface area contributed by atoms with Crippen LogP contribution in [0.5, 0.6) is 0 Å². The highest BCUT2D eigenvalue weighted by atomic mass is 16.5. The topological polar surface area (TPSA) is 67.0 Å². The van der Waals surface area contributed by atoms with Crippen LogP contribution in [0.2, 0.25) is 0 Å². The molecule has 1 atom stereocenters. The van der Waals surface area contributed by atoms with Crippen molar-refractivity contribution in [2.24, 2.45) is 0 Å². The molecule has 2 aromatic heterocycles. The van der Waals surface area contributed by atoms with Gasteiger partial charge in [0.1, 0.15) is 5.65 Å². The summed E-state index contributed by atoms with van der Waals surface area (Å²) >= 11 is 0. The second kappa shape index (κ2) is 6.28. The smallest absolute Gasteiger partial charge is 0.226 e. The van der Waals surface area contributed by atoms with Crippen molar-refractivity contribution in [1.82, 2.24) is 15.3 Å². The number of carbonyl (C=O) groups is 1. The van der Waals surface area contributed by atoms with Gasteiger partial charge in [-0.05, 0) is 30.7 Å². The van der Waals surface area contributed by atoms with E-state index in [1.54, 1.807) is 12.3 Å². The van der Waals surface area contributed by atoms with Crippen LogP contribution < -0.4 is 5.32 Å². The van der Waals surface area contributed by atoms with Gasteiger partial charge in [0.2, 0.25) is 5.78 Å². The maximum absolute atomic E-state index is 12.2. The molecule has 0 bridgehead atoms. The van der Waals surface area contributed by atoms with Gasteiger partial charge in [-0.15, -0.1) is 0 Å². The lowest BCUT2D eigenvalue weighted by atomic mass is 10.1. The SMILES string of the molecule is CC(NC1=CC(=O)C(=Cc2c[nH]c3ncccc23)O1)c1ccccc1. The fourth-order valence-electron chi connectivity index (χ4n) is 2.84. The zero-order valence-electron chi connectivity index (χ0n) is 13.7. The van der Waals surface area contributed by atoms with Gasteiger partial charge in [0, 0.05) is 29.4 Å². The van der Waals surface area contributed by atoms with Crippen LogP contribution in [-0.2, 0) is 9.53 Å². The van der Waals surface area contributed by atoms with E-state index >= 15 is 0 Å². The van der Waals surface area contributed by atoms with E-state index in [-0.39, 0.29) is 11.8 Å². The molecule has 5 heteroatoms. The molecule has 1 unspecified atom stereocenters. The summed E-state index contributed by atoms with van der Waals surface area (Å²) in [6, 6.07) is 13.9. The molecule has 5 nitrogen and oxygen atoms in total. The van der Waals surface area contributed by atoms with Gasteiger partial charge in [-0.2, -0.15) is 0 Å². The van der Waals surface area contributed by atoms with Gasteiger partial charge >= 0.3 is 0 Å². The summed E-state index contributed by atoms with van der Waals surface area (Å²) in [7, 11) is 0. The Hall–Kier alpha value is -3.34. The average molecular weight is 331 g/mol. The molecule has 0 spiro atoms. The van der Waals surface area contributed by atoms with Crippen LogP contribution in [-0.4, -0.2) is 15.8 Å². The quantitative estimate of drug-likeness (QED) is 0.716. The minimum atomic E-state index is -0.152. The predicted molar refractivity (Wildman–Crippen MR) is 96.2 cm³/mol. The lowest BCUT2D eigenvalue weighted by molar-refractivity contribution is -0.112. The molecule has 1 aliphatic rings. The molecule has 0 radical (unpaired) electrons. The number of carbonyl (C=O) groups excluding carboxylic acids is 1. The molecule has 25 heavy (non-hydrogen) atoms. The second-order valence-electron chi connectivity index (χ2n) is 5.90. The number of benzene rings is 1. The molecule has 0 fully saturated rings. The van der Waals surface area contributed by atoms with Gasteiger partial charge in [-0.1, -0.05) is 30.3 Å². The fraction of sp³-hybridized carbons (Fsp3) is 0.100. The van der Waals surface area contributed by atoms with Gasteiger partial charge in [-0.25, -0.2) is 4.98 Å². The summed E-state index contributed by atoms with van der Waals surface area (Å²) in [5.41, 5.74) is 2.78. The summed E-state index contributed by atoms with van der Waals surface area (Å²) < 4.78 is 5.72. The Kier molecular flexibility index (Phi) is 3.82. The van der Waals surface area contributed by atoms with E-state index < -0.39 is 0 Å². The van der Waals surface area contributed by atoms with Gasteiger partial charge < -0.3 is 15.0 Å². The molecule has 3 heterocycles. The first-order valence-electron chi connectivity index (χ1n) is 8.10. The van der Waals surface area contributed by atoms with E-state index in [0.29, 0.717) is 11.6 Å². The van der Waals surface area contributed by atoms with Crippen molar-refractivity contribution in [3.63, 3.8) is 0 Å². The number of hydrogen-bond donors (Lipinski definition) is 2. The van der Waals surface area contributed by atoms with E-state index in [4.69, 9.17) is 4.74 Å². The molecule has 0 saturated heterocycles. The molecular formula is C20H17N3O2. The first-order valence-corrected chi connectivity index (χ1v) is 8.10. The van der Waals surface area contributed by atoms with Crippen LogP contribution in [0.4, 0.5) is 0 Å². The minimum absolute atomic E-state index is 0.0388. The van der Waals surface area contributed by atoms with Crippen LogP contribution in [0.1, 0.15) is 24.1 Å². The third-order valence-corrected chi connectivity index (χ3v) is 4.15. The van der Waals surface area contributed by atoms with E-state index in [0.717, 1.165) is 22.2 Å². The zero-order chi connectivity index (χ0) is 17.2. The maximum Gasteiger partial charge on any atom is 0.226 e. The van der Waals surface area contributed by atoms with Crippen LogP contribution in [0.3, 0.4) is 0 Å².